The number of hydrogen-bond donors (Lipinski definition) is 0. The summed E-state index contributed by atoms with van der Waals surface area (Å²) < 4.78 is 4.99. The van der Waals surface area contributed by atoms with Crippen LogP contribution < -0.4 is 0 Å². The van der Waals surface area contributed by atoms with Crippen LogP contribution in [0, 0.1) is 5.92 Å². The van der Waals surface area contributed by atoms with E-state index in [0.717, 1.165) is 15.9 Å². The molecule has 1 heterocycles. The Kier molecular flexibility index (Phi) is 4.74. The summed E-state index contributed by atoms with van der Waals surface area (Å²) in [4.78, 5) is 20.1. The van der Waals surface area contributed by atoms with E-state index in [1.807, 2.05) is 38.1 Å². The highest BCUT2D eigenvalue weighted by Crippen LogP contribution is 2.25. The second-order valence-corrected chi connectivity index (χ2v) is 5.17. The topological polar surface area (TPSA) is 52.1 Å². The van der Waals surface area contributed by atoms with Crippen molar-refractivity contribution in [2.45, 2.75) is 18.9 Å². The summed E-state index contributed by atoms with van der Waals surface area (Å²) in [7, 11) is 0. The SMILES string of the molecule is CCOC(=O)C(C)CSc1ncnc2ccccc12. The van der Waals surface area contributed by atoms with Gasteiger partial charge in [-0.2, -0.15) is 0 Å². The Morgan fingerprint density at radius 1 is 1.37 bits per heavy atom. The van der Waals surface area contributed by atoms with E-state index in [-0.39, 0.29) is 11.9 Å². The van der Waals surface area contributed by atoms with E-state index in [1.165, 1.54) is 0 Å². The first-order valence-corrected chi connectivity index (χ1v) is 7.20. The quantitative estimate of drug-likeness (QED) is 0.477. The van der Waals surface area contributed by atoms with Gasteiger partial charge in [0.2, 0.25) is 0 Å². The predicted octanol–water partition coefficient (Wildman–Crippen LogP) is 2.92. The second kappa shape index (κ2) is 6.52. The van der Waals surface area contributed by atoms with Gasteiger partial charge in [-0.3, -0.25) is 4.79 Å². The molecule has 1 aromatic heterocycles. The number of nitrogens with zero attached hydrogens (tertiary/aromatic N) is 2. The normalized spacial score (nSPS) is 12.3. The molecule has 0 bridgehead atoms. The minimum Gasteiger partial charge on any atom is -0.466 e. The first-order valence-electron chi connectivity index (χ1n) is 6.21. The molecule has 1 unspecified atom stereocenters. The molecule has 0 N–H and O–H groups in total. The smallest absolute Gasteiger partial charge is 0.309 e. The van der Waals surface area contributed by atoms with Crippen LogP contribution in [-0.2, 0) is 9.53 Å². The van der Waals surface area contributed by atoms with Gasteiger partial charge >= 0.3 is 5.97 Å². The van der Waals surface area contributed by atoms with E-state index in [4.69, 9.17) is 4.74 Å². The molecule has 19 heavy (non-hydrogen) atoms. The summed E-state index contributed by atoms with van der Waals surface area (Å²) in [6.45, 7) is 4.11. The van der Waals surface area contributed by atoms with Crippen LogP contribution in [0.15, 0.2) is 35.6 Å². The number of para-hydroxylation sites is 1. The van der Waals surface area contributed by atoms with E-state index in [0.29, 0.717) is 12.4 Å². The molecule has 0 aliphatic carbocycles. The van der Waals surface area contributed by atoms with E-state index in [2.05, 4.69) is 9.97 Å². The van der Waals surface area contributed by atoms with Gasteiger partial charge in [0.15, 0.2) is 0 Å². The van der Waals surface area contributed by atoms with Gasteiger partial charge < -0.3 is 4.74 Å². The molecule has 0 spiro atoms. The van der Waals surface area contributed by atoms with Gasteiger partial charge in [-0.1, -0.05) is 25.1 Å². The van der Waals surface area contributed by atoms with Gasteiger partial charge in [0, 0.05) is 11.1 Å². The first kappa shape index (κ1) is 13.8. The summed E-state index contributed by atoms with van der Waals surface area (Å²) in [6.07, 6.45) is 1.56. The fourth-order valence-electron chi connectivity index (χ4n) is 1.65. The van der Waals surface area contributed by atoms with Gasteiger partial charge in [-0.05, 0) is 13.0 Å². The van der Waals surface area contributed by atoms with Crippen molar-refractivity contribution in [3.05, 3.63) is 30.6 Å². The van der Waals surface area contributed by atoms with Crippen molar-refractivity contribution in [1.82, 2.24) is 9.97 Å². The number of fused-ring (bicyclic) bond motifs is 1. The Hall–Kier alpha value is -1.62. The van der Waals surface area contributed by atoms with Crippen molar-refractivity contribution in [2.75, 3.05) is 12.4 Å². The summed E-state index contributed by atoms with van der Waals surface area (Å²) >= 11 is 1.56. The van der Waals surface area contributed by atoms with Crippen LogP contribution in [0.4, 0.5) is 0 Å². The lowest BCUT2D eigenvalue weighted by Crippen LogP contribution is -2.16. The Morgan fingerprint density at radius 3 is 2.95 bits per heavy atom. The lowest BCUT2D eigenvalue weighted by molar-refractivity contribution is -0.146. The molecular formula is C14H16N2O2S. The van der Waals surface area contributed by atoms with E-state index in [1.54, 1.807) is 18.1 Å². The highest BCUT2D eigenvalue weighted by atomic mass is 32.2. The summed E-state index contributed by atoms with van der Waals surface area (Å²) in [5, 5.41) is 1.92. The third-order valence-corrected chi connectivity index (χ3v) is 3.93. The number of carbonyl (C=O) groups is 1. The lowest BCUT2D eigenvalue weighted by atomic mass is 10.2. The molecule has 0 aliphatic heterocycles. The van der Waals surface area contributed by atoms with Crippen molar-refractivity contribution in [1.29, 1.82) is 0 Å². The number of hydrogen-bond acceptors (Lipinski definition) is 5. The molecule has 0 aliphatic rings. The Balaban J connectivity index is 2.08. The lowest BCUT2D eigenvalue weighted by Gasteiger charge is -2.10. The molecule has 1 aromatic carbocycles. The molecule has 2 rings (SSSR count). The summed E-state index contributed by atoms with van der Waals surface area (Å²) in [5.74, 6) is 0.354. The highest BCUT2D eigenvalue weighted by Gasteiger charge is 2.15. The number of rotatable bonds is 5. The molecule has 4 nitrogen and oxygen atoms in total. The third-order valence-electron chi connectivity index (χ3n) is 2.67. The van der Waals surface area contributed by atoms with Crippen LogP contribution in [0.5, 0.6) is 0 Å². The molecule has 0 radical (unpaired) electrons. The van der Waals surface area contributed by atoms with Gasteiger partial charge in [0.25, 0.3) is 0 Å². The minimum atomic E-state index is -0.159. The molecular weight excluding hydrogens is 260 g/mol. The number of ether oxygens (including phenoxy) is 1. The van der Waals surface area contributed by atoms with Crippen LogP contribution in [0.2, 0.25) is 0 Å². The maximum atomic E-state index is 11.6. The molecule has 1 atom stereocenters. The minimum absolute atomic E-state index is 0.140. The molecule has 0 saturated carbocycles. The number of benzene rings is 1. The fourth-order valence-corrected chi connectivity index (χ4v) is 2.65. The maximum Gasteiger partial charge on any atom is 0.309 e. The average molecular weight is 276 g/mol. The van der Waals surface area contributed by atoms with Gasteiger partial charge in [-0.25, -0.2) is 9.97 Å². The standard InChI is InChI=1S/C14H16N2O2S/c1-3-18-14(17)10(2)8-19-13-11-6-4-5-7-12(11)15-9-16-13/h4-7,9-10H,3,8H2,1-2H3. The van der Waals surface area contributed by atoms with Crippen molar-refractivity contribution >= 4 is 28.6 Å². The van der Waals surface area contributed by atoms with Gasteiger partial charge in [0.05, 0.1) is 18.0 Å². The molecule has 0 fully saturated rings. The molecule has 0 amide bonds. The number of esters is 1. The second-order valence-electron chi connectivity index (χ2n) is 4.16. The van der Waals surface area contributed by atoms with E-state index < -0.39 is 0 Å². The fraction of sp³-hybridized carbons (Fsp3) is 0.357. The molecule has 100 valence electrons. The zero-order chi connectivity index (χ0) is 13.7. The first-order chi connectivity index (χ1) is 9.22. The Morgan fingerprint density at radius 2 is 2.16 bits per heavy atom. The zero-order valence-corrected chi connectivity index (χ0v) is 11.8. The monoisotopic (exact) mass is 276 g/mol. The van der Waals surface area contributed by atoms with Crippen molar-refractivity contribution < 1.29 is 9.53 Å². The van der Waals surface area contributed by atoms with Crippen LogP contribution in [0.25, 0.3) is 10.9 Å². The van der Waals surface area contributed by atoms with Crippen LogP contribution in [0.1, 0.15) is 13.8 Å². The van der Waals surface area contributed by atoms with Crippen LogP contribution >= 0.6 is 11.8 Å². The van der Waals surface area contributed by atoms with Gasteiger partial charge in [-0.15, -0.1) is 11.8 Å². The van der Waals surface area contributed by atoms with Crippen molar-refractivity contribution in [2.24, 2.45) is 5.92 Å². The van der Waals surface area contributed by atoms with Crippen molar-refractivity contribution in [3.8, 4) is 0 Å². The van der Waals surface area contributed by atoms with Crippen LogP contribution in [0.3, 0.4) is 0 Å². The Bertz CT molecular complexity index is 569. The summed E-state index contributed by atoms with van der Waals surface area (Å²) in [5.41, 5.74) is 0.920. The molecule has 2 aromatic rings. The van der Waals surface area contributed by atoms with Crippen molar-refractivity contribution in [3.63, 3.8) is 0 Å². The molecule has 5 heteroatoms. The van der Waals surface area contributed by atoms with E-state index >= 15 is 0 Å². The van der Waals surface area contributed by atoms with Gasteiger partial charge in [0.1, 0.15) is 11.4 Å². The number of aromatic nitrogens is 2. The average Bonchev–Trinajstić information content (AvgIpc) is 2.45. The molecule has 0 saturated heterocycles. The number of thioether (sulfide) groups is 1. The predicted molar refractivity (Wildman–Crippen MR) is 76.1 cm³/mol. The maximum absolute atomic E-state index is 11.6. The highest BCUT2D eigenvalue weighted by molar-refractivity contribution is 7.99. The number of carbonyl (C=O) groups excluding carboxylic acids is 1. The van der Waals surface area contributed by atoms with E-state index in [9.17, 15) is 4.79 Å². The third kappa shape index (κ3) is 3.44. The zero-order valence-electron chi connectivity index (χ0n) is 11.0. The summed E-state index contributed by atoms with van der Waals surface area (Å²) in [6, 6.07) is 7.86. The largest absolute Gasteiger partial charge is 0.466 e. The van der Waals surface area contributed by atoms with Crippen LogP contribution in [-0.4, -0.2) is 28.3 Å². The Labute approximate surface area is 116 Å².